The Morgan fingerprint density at radius 3 is 2.37 bits per heavy atom. The molecule has 2 aromatic carbocycles. The Bertz CT molecular complexity index is 1230. The third-order valence-electron chi connectivity index (χ3n) is 4.13. The molecule has 3 aromatic rings. The molecular formula is C17H15F2N3O4S. The van der Waals surface area contributed by atoms with Gasteiger partial charge in [-0.05, 0) is 30.3 Å². The van der Waals surface area contributed by atoms with E-state index in [2.05, 4.69) is 5.32 Å². The summed E-state index contributed by atoms with van der Waals surface area (Å²) in [4.78, 5) is 23.8. The van der Waals surface area contributed by atoms with E-state index in [4.69, 9.17) is 0 Å². The summed E-state index contributed by atoms with van der Waals surface area (Å²) in [5.41, 5.74) is 0.300. The second kappa shape index (κ2) is 6.62. The van der Waals surface area contributed by atoms with Crippen molar-refractivity contribution in [3.8, 4) is 0 Å². The quantitative estimate of drug-likeness (QED) is 0.726. The lowest BCUT2D eigenvalue weighted by atomic mass is 10.3. The van der Waals surface area contributed by atoms with Gasteiger partial charge in [-0.3, -0.25) is 13.9 Å². The van der Waals surface area contributed by atoms with Gasteiger partial charge in [0.05, 0.1) is 21.6 Å². The molecule has 27 heavy (non-hydrogen) atoms. The molecule has 0 fully saturated rings. The SMILES string of the molecule is Cn1c(=O)n(C)c2cc(S(=O)(=O)CC(=O)Nc3ccc(F)cc3F)ccc21. The average Bonchev–Trinajstić information content (AvgIpc) is 2.81. The molecule has 1 heterocycles. The summed E-state index contributed by atoms with van der Waals surface area (Å²) in [5, 5.41) is 2.11. The van der Waals surface area contributed by atoms with Crippen LogP contribution >= 0.6 is 0 Å². The summed E-state index contributed by atoms with van der Waals surface area (Å²) in [5.74, 6) is -3.74. The molecular weight excluding hydrogens is 380 g/mol. The van der Waals surface area contributed by atoms with E-state index in [1.165, 1.54) is 34.4 Å². The van der Waals surface area contributed by atoms with Gasteiger partial charge in [-0.1, -0.05) is 0 Å². The van der Waals surface area contributed by atoms with E-state index < -0.39 is 33.1 Å². The number of hydrogen-bond acceptors (Lipinski definition) is 4. The van der Waals surface area contributed by atoms with E-state index in [0.717, 1.165) is 12.1 Å². The molecule has 1 aromatic heterocycles. The highest BCUT2D eigenvalue weighted by Crippen LogP contribution is 2.20. The number of benzene rings is 2. The minimum absolute atomic E-state index is 0.147. The van der Waals surface area contributed by atoms with E-state index in [-0.39, 0.29) is 16.3 Å². The second-order valence-electron chi connectivity index (χ2n) is 5.98. The zero-order valence-corrected chi connectivity index (χ0v) is 15.2. The van der Waals surface area contributed by atoms with Gasteiger partial charge in [0.15, 0.2) is 9.84 Å². The van der Waals surface area contributed by atoms with Gasteiger partial charge in [0.25, 0.3) is 0 Å². The molecule has 0 saturated heterocycles. The van der Waals surface area contributed by atoms with Gasteiger partial charge in [0.1, 0.15) is 17.4 Å². The lowest BCUT2D eigenvalue weighted by Gasteiger charge is -2.08. The van der Waals surface area contributed by atoms with Crippen LogP contribution in [0.4, 0.5) is 14.5 Å². The van der Waals surface area contributed by atoms with Gasteiger partial charge in [-0.15, -0.1) is 0 Å². The van der Waals surface area contributed by atoms with Crippen LogP contribution in [0.2, 0.25) is 0 Å². The monoisotopic (exact) mass is 395 g/mol. The van der Waals surface area contributed by atoms with Gasteiger partial charge in [-0.25, -0.2) is 22.0 Å². The molecule has 1 amide bonds. The molecule has 142 valence electrons. The second-order valence-corrected chi connectivity index (χ2v) is 7.97. The maximum atomic E-state index is 13.6. The third kappa shape index (κ3) is 3.47. The molecule has 0 aliphatic heterocycles. The zero-order chi connectivity index (χ0) is 19.9. The van der Waals surface area contributed by atoms with Crippen LogP contribution in [0.3, 0.4) is 0 Å². The molecule has 0 radical (unpaired) electrons. The van der Waals surface area contributed by atoms with Crippen LogP contribution in [0, 0.1) is 11.6 Å². The number of fused-ring (bicyclic) bond motifs is 1. The summed E-state index contributed by atoms with van der Waals surface area (Å²) in [7, 11) is -0.982. The normalized spacial score (nSPS) is 11.7. The predicted octanol–water partition coefficient (Wildman–Crippen LogP) is 1.57. The van der Waals surface area contributed by atoms with Gasteiger partial charge in [0, 0.05) is 20.2 Å². The number of hydrogen-bond donors (Lipinski definition) is 1. The summed E-state index contributed by atoms with van der Waals surface area (Å²) >= 11 is 0. The fraction of sp³-hybridized carbons (Fsp3) is 0.176. The van der Waals surface area contributed by atoms with Crippen LogP contribution in [0.15, 0.2) is 46.1 Å². The van der Waals surface area contributed by atoms with Crippen LogP contribution < -0.4 is 11.0 Å². The predicted molar refractivity (Wildman–Crippen MR) is 95.2 cm³/mol. The molecule has 0 unspecified atom stereocenters. The molecule has 0 aliphatic carbocycles. The van der Waals surface area contributed by atoms with Gasteiger partial charge in [-0.2, -0.15) is 0 Å². The number of sulfone groups is 1. The minimum Gasteiger partial charge on any atom is -0.323 e. The van der Waals surface area contributed by atoms with Crippen molar-refractivity contribution >= 4 is 32.5 Å². The fourth-order valence-electron chi connectivity index (χ4n) is 2.71. The van der Waals surface area contributed by atoms with E-state index in [1.54, 1.807) is 7.05 Å². The summed E-state index contributed by atoms with van der Waals surface area (Å²) in [6.07, 6.45) is 0. The van der Waals surface area contributed by atoms with Crippen LogP contribution in [0.5, 0.6) is 0 Å². The van der Waals surface area contributed by atoms with Crippen molar-refractivity contribution in [1.29, 1.82) is 0 Å². The standard InChI is InChI=1S/C17H15F2N3O4S/c1-21-14-6-4-11(8-15(14)22(2)17(21)24)27(25,26)9-16(23)20-13-5-3-10(18)7-12(13)19/h3-8H,9H2,1-2H3,(H,20,23). The number of nitrogens with zero attached hydrogens (tertiary/aromatic N) is 2. The zero-order valence-electron chi connectivity index (χ0n) is 14.4. The molecule has 7 nitrogen and oxygen atoms in total. The van der Waals surface area contributed by atoms with Crippen molar-refractivity contribution in [3.05, 3.63) is 58.5 Å². The Kier molecular flexibility index (Phi) is 4.60. The number of amides is 1. The highest BCUT2D eigenvalue weighted by molar-refractivity contribution is 7.92. The Labute approximate surface area is 152 Å². The Hall–Kier alpha value is -3.01. The van der Waals surface area contributed by atoms with E-state index in [9.17, 15) is 26.8 Å². The van der Waals surface area contributed by atoms with Crippen LogP contribution in [0.25, 0.3) is 11.0 Å². The van der Waals surface area contributed by atoms with Crippen LogP contribution in [-0.4, -0.2) is 29.2 Å². The largest absolute Gasteiger partial charge is 0.328 e. The van der Waals surface area contributed by atoms with Crippen molar-refractivity contribution in [1.82, 2.24) is 9.13 Å². The number of imidazole rings is 1. The molecule has 3 rings (SSSR count). The Balaban J connectivity index is 1.88. The van der Waals surface area contributed by atoms with Crippen molar-refractivity contribution in [3.63, 3.8) is 0 Å². The van der Waals surface area contributed by atoms with Crippen molar-refractivity contribution < 1.29 is 22.0 Å². The molecule has 10 heteroatoms. The number of nitrogens with one attached hydrogen (secondary N) is 1. The third-order valence-corrected chi connectivity index (χ3v) is 5.74. The number of carbonyl (C=O) groups is 1. The molecule has 0 aliphatic rings. The fourth-order valence-corrected chi connectivity index (χ4v) is 3.86. The first-order valence-electron chi connectivity index (χ1n) is 7.73. The first-order valence-corrected chi connectivity index (χ1v) is 9.38. The average molecular weight is 395 g/mol. The Morgan fingerprint density at radius 2 is 1.70 bits per heavy atom. The molecule has 0 atom stereocenters. The van der Waals surface area contributed by atoms with Crippen molar-refractivity contribution in [2.45, 2.75) is 4.90 Å². The molecule has 0 bridgehead atoms. The molecule has 0 spiro atoms. The number of halogens is 2. The number of rotatable bonds is 4. The van der Waals surface area contributed by atoms with Gasteiger partial charge >= 0.3 is 5.69 Å². The number of aryl methyl sites for hydroxylation is 2. The summed E-state index contributed by atoms with van der Waals surface area (Å²) in [6, 6.07) is 6.59. The smallest absolute Gasteiger partial charge is 0.323 e. The number of aromatic nitrogens is 2. The van der Waals surface area contributed by atoms with Gasteiger partial charge < -0.3 is 5.32 Å². The number of anilines is 1. The first kappa shape index (κ1) is 18.8. The molecule has 1 N–H and O–H groups in total. The van der Waals surface area contributed by atoms with E-state index >= 15 is 0 Å². The minimum atomic E-state index is -4.05. The first-order chi connectivity index (χ1) is 12.6. The Morgan fingerprint density at radius 1 is 1.04 bits per heavy atom. The molecule has 0 saturated carbocycles. The highest BCUT2D eigenvalue weighted by atomic mass is 32.2. The van der Waals surface area contributed by atoms with Crippen molar-refractivity contribution in [2.75, 3.05) is 11.1 Å². The van der Waals surface area contributed by atoms with E-state index in [1.807, 2.05) is 0 Å². The van der Waals surface area contributed by atoms with Crippen molar-refractivity contribution in [2.24, 2.45) is 14.1 Å². The number of carbonyl (C=O) groups excluding carboxylic acids is 1. The summed E-state index contributed by atoms with van der Waals surface area (Å²) in [6.45, 7) is 0. The van der Waals surface area contributed by atoms with Gasteiger partial charge in [0.2, 0.25) is 5.91 Å². The summed E-state index contributed by atoms with van der Waals surface area (Å²) < 4.78 is 54.2. The maximum Gasteiger partial charge on any atom is 0.328 e. The lowest BCUT2D eigenvalue weighted by Crippen LogP contribution is -2.23. The highest BCUT2D eigenvalue weighted by Gasteiger charge is 2.22. The van der Waals surface area contributed by atoms with Crippen LogP contribution in [-0.2, 0) is 28.7 Å². The van der Waals surface area contributed by atoms with E-state index in [0.29, 0.717) is 17.1 Å². The maximum absolute atomic E-state index is 13.6. The topological polar surface area (TPSA) is 90.2 Å². The lowest BCUT2D eigenvalue weighted by molar-refractivity contribution is -0.113. The van der Waals surface area contributed by atoms with Crippen LogP contribution in [0.1, 0.15) is 0 Å².